The van der Waals surface area contributed by atoms with Crippen molar-refractivity contribution in [2.24, 2.45) is 0 Å². The van der Waals surface area contributed by atoms with Crippen LogP contribution >= 0.6 is 11.8 Å². The molecule has 33 heavy (non-hydrogen) atoms. The Kier molecular flexibility index (Phi) is 7.13. The number of aromatic carboxylic acids is 1. The van der Waals surface area contributed by atoms with Gasteiger partial charge in [0.15, 0.2) is 0 Å². The minimum atomic E-state index is -3.56. The summed E-state index contributed by atoms with van der Waals surface area (Å²) in [6.45, 7) is 0.256. The van der Waals surface area contributed by atoms with Crippen LogP contribution in [-0.2, 0) is 10.0 Å². The van der Waals surface area contributed by atoms with Gasteiger partial charge in [0.1, 0.15) is 0 Å². The van der Waals surface area contributed by atoms with Gasteiger partial charge >= 0.3 is 5.97 Å². The molecular formula is C26H23NO4S2. The molecule has 0 amide bonds. The fourth-order valence-electron chi connectivity index (χ4n) is 3.66. The maximum atomic E-state index is 12.3. The minimum Gasteiger partial charge on any atom is -0.478 e. The van der Waals surface area contributed by atoms with Crippen LogP contribution < -0.4 is 4.72 Å². The summed E-state index contributed by atoms with van der Waals surface area (Å²) in [5.74, 6) is -0.449. The number of rotatable bonds is 8. The van der Waals surface area contributed by atoms with Crippen LogP contribution in [0.15, 0.2) is 78.2 Å². The van der Waals surface area contributed by atoms with Gasteiger partial charge in [-0.1, -0.05) is 72.8 Å². The predicted molar refractivity (Wildman–Crippen MR) is 135 cm³/mol. The van der Waals surface area contributed by atoms with Crippen LogP contribution in [0.3, 0.4) is 0 Å². The first-order chi connectivity index (χ1) is 15.9. The molecule has 0 heterocycles. The molecule has 4 rings (SSSR count). The van der Waals surface area contributed by atoms with E-state index in [9.17, 15) is 18.3 Å². The van der Waals surface area contributed by atoms with E-state index in [4.69, 9.17) is 0 Å². The number of benzene rings is 3. The highest BCUT2D eigenvalue weighted by Crippen LogP contribution is 2.42. The zero-order valence-corrected chi connectivity index (χ0v) is 19.4. The van der Waals surface area contributed by atoms with E-state index in [2.05, 4.69) is 4.72 Å². The SMILES string of the molecule is O=C(O)c1ccc2c(c1)C(SCCNS(=O)(=O)C=Cc1ccccc1)c1ccccc1C=C2. The van der Waals surface area contributed by atoms with Crippen molar-refractivity contribution >= 4 is 46.0 Å². The third kappa shape index (κ3) is 5.82. The van der Waals surface area contributed by atoms with Crippen molar-refractivity contribution in [3.8, 4) is 0 Å². The zero-order valence-electron chi connectivity index (χ0n) is 17.7. The third-order valence-corrected chi connectivity index (χ3v) is 7.65. The molecule has 3 aromatic carbocycles. The fraction of sp³-hybridized carbons (Fsp3) is 0.115. The van der Waals surface area contributed by atoms with Crippen LogP contribution in [0.25, 0.3) is 18.2 Å². The number of nitrogens with one attached hydrogen (secondary N) is 1. The summed E-state index contributed by atoms with van der Waals surface area (Å²) in [5.41, 5.74) is 5.05. The summed E-state index contributed by atoms with van der Waals surface area (Å²) in [6, 6.07) is 22.4. The van der Waals surface area contributed by atoms with Crippen molar-refractivity contribution in [3.05, 3.63) is 112 Å². The number of carboxylic acids is 1. The van der Waals surface area contributed by atoms with E-state index >= 15 is 0 Å². The molecule has 2 N–H and O–H groups in total. The maximum absolute atomic E-state index is 12.3. The molecule has 0 saturated heterocycles. The Morgan fingerprint density at radius 1 is 0.939 bits per heavy atom. The van der Waals surface area contributed by atoms with Crippen LogP contribution in [0.1, 0.15) is 43.4 Å². The molecule has 0 saturated carbocycles. The summed E-state index contributed by atoms with van der Waals surface area (Å²) in [5, 5.41) is 10.5. The summed E-state index contributed by atoms with van der Waals surface area (Å²) in [4.78, 5) is 11.6. The van der Waals surface area contributed by atoms with Gasteiger partial charge in [0, 0.05) is 17.7 Å². The largest absolute Gasteiger partial charge is 0.478 e. The van der Waals surface area contributed by atoms with Gasteiger partial charge in [-0.25, -0.2) is 17.9 Å². The summed E-state index contributed by atoms with van der Waals surface area (Å²) in [6.07, 6.45) is 5.59. The summed E-state index contributed by atoms with van der Waals surface area (Å²) >= 11 is 1.59. The van der Waals surface area contributed by atoms with Gasteiger partial charge in [0.05, 0.1) is 10.8 Å². The van der Waals surface area contributed by atoms with E-state index in [0.717, 1.165) is 27.8 Å². The van der Waals surface area contributed by atoms with Gasteiger partial charge in [0.25, 0.3) is 0 Å². The first-order valence-corrected chi connectivity index (χ1v) is 13.0. The van der Waals surface area contributed by atoms with E-state index in [0.29, 0.717) is 5.75 Å². The van der Waals surface area contributed by atoms with E-state index in [1.54, 1.807) is 30.0 Å². The second-order valence-electron chi connectivity index (χ2n) is 7.51. The quantitative estimate of drug-likeness (QED) is 0.431. The van der Waals surface area contributed by atoms with Gasteiger partial charge in [-0.2, -0.15) is 0 Å². The summed E-state index contributed by atoms with van der Waals surface area (Å²) < 4.78 is 27.3. The van der Waals surface area contributed by atoms with Crippen molar-refractivity contribution < 1.29 is 18.3 Å². The molecule has 0 spiro atoms. The maximum Gasteiger partial charge on any atom is 0.335 e. The second-order valence-corrected chi connectivity index (χ2v) is 10.4. The number of hydrogen-bond donors (Lipinski definition) is 2. The average molecular weight is 478 g/mol. The molecule has 1 aliphatic rings. The van der Waals surface area contributed by atoms with Gasteiger partial charge < -0.3 is 5.11 Å². The number of hydrogen-bond acceptors (Lipinski definition) is 4. The minimum absolute atomic E-state index is 0.116. The van der Waals surface area contributed by atoms with Crippen LogP contribution in [0.4, 0.5) is 0 Å². The molecule has 168 valence electrons. The Bertz CT molecular complexity index is 1320. The van der Waals surface area contributed by atoms with Gasteiger partial charge in [-0.3, -0.25) is 0 Å². The van der Waals surface area contributed by atoms with E-state index in [-0.39, 0.29) is 17.4 Å². The van der Waals surface area contributed by atoms with Gasteiger partial charge in [-0.15, -0.1) is 11.8 Å². The number of sulfonamides is 1. The standard InChI is InChI=1S/C26H23NO4S2/c28-26(29)22-13-12-21-11-10-20-8-4-5-9-23(20)25(24(21)18-22)32-16-15-27-33(30,31)17-14-19-6-2-1-3-7-19/h1-14,17-18,25,27H,15-16H2,(H,28,29). The lowest BCUT2D eigenvalue weighted by Gasteiger charge is -2.20. The first-order valence-electron chi connectivity index (χ1n) is 10.4. The molecule has 3 aromatic rings. The van der Waals surface area contributed by atoms with E-state index < -0.39 is 16.0 Å². The van der Waals surface area contributed by atoms with Crippen LogP contribution in [0.2, 0.25) is 0 Å². The Morgan fingerprint density at radius 3 is 2.39 bits per heavy atom. The molecule has 0 fully saturated rings. The highest BCUT2D eigenvalue weighted by atomic mass is 32.2. The van der Waals surface area contributed by atoms with Crippen LogP contribution in [0, 0.1) is 0 Å². The average Bonchev–Trinajstić information content (AvgIpc) is 2.98. The Hall–Kier alpha value is -3.13. The molecule has 1 atom stereocenters. The summed E-state index contributed by atoms with van der Waals surface area (Å²) in [7, 11) is -3.56. The van der Waals surface area contributed by atoms with Crippen molar-refractivity contribution in [3.63, 3.8) is 0 Å². The van der Waals surface area contributed by atoms with E-state index in [1.807, 2.05) is 72.8 Å². The Labute approximate surface area is 197 Å². The van der Waals surface area contributed by atoms with Gasteiger partial charge in [0.2, 0.25) is 10.0 Å². The smallest absolute Gasteiger partial charge is 0.335 e. The molecule has 0 radical (unpaired) electrons. The predicted octanol–water partition coefficient (Wildman–Crippen LogP) is 5.28. The number of fused-ring (bicyclic) bond motifs is 2. The van der Waals surface area contributed by atoms with Crippen LogP contribution in [-0.4, -0.2) is 31.8 Å². The lowest BCUT2D eigenvalue weighted by molar-refractivity contribution is 0.0696. The normalized spacial score (nSPS) is 15.1. The topological polar surface area (TPSA) is 83.5 Å². The molecule has 1 unspecified atom stereocenters. The van der Waals surface area contributed by atoms with E-state index in [1.165, 1.54) is 5.41 Å². The zero-order chi connectivity index (χ0) is 23.3. The highest BCUT2D eigenvalue weighted by molar-refractivity contribution is 7.99. The van der Waals surface area contributed by atoms with Crippen LogP contribution in [0.5, 0.6) is 0 Å². The fourth-order valence-corrected chi connectivity index (χ4v) is 5.84. The Balaban J connectivity index is 1.49. The van der Waals surface area contributed by atoms with Crippen molar-refractivity contribution in [1.82, 2.24) is 4.72 Å². The van der Waals surface area contributed by atoms with Gasteiger partial charge in [-0.05, 0) is 46.0 Å². The number of carboxylic acid groups (broad SMARTS) is 1. The number of carbonyl (C=O) groups is 1. The highest BCUT2D eigenvalue weighted by Gasteiger charge is 2.23. The second kappa shape index (κ2) is 10.2. The molecule has 5 nitrogen and oxygen atoms in total. The molecule has 7 heteroatoms. The Morgan fingerprint density at radius 2 is 1.64 bits per heavy atom. The number of thioether (sulfide) groups is 1. The van der Waals surface area contributed by atoms with Crippen molar-refractivity contribution in [2.75, 3.05) is 12.3 Å². The molecule has 1 aliphatic carbocycles. The molecule has 0 aliphatic heterocycles. The molecule has 0 bridgehead atoms. The van der Waals surface area contributed by atoms with Crippen molar-refractivity contribution in [1.29, 1.82) is 0 Å². The lowest BCUT2D eigenvalue weighted by atomic mass is 9.97. The molecular weight excluding hydrogens is 454 g/mol. The molecule has 0 aromatic heterocycles. The third-order valence-electron chi connectivity index (χ3n) is 5.27. The monoisotopic (exact) mass is 477 g/mol. The lowest BCUT2D eigenvalue weighted by Crippen LogP contribution is -2.24. The first kappa shape index (κ1) is 23.0. The van der Waals surface area contributed by atoms with Crippen molar-refractivity contribution in [2.45, 2.75) is 5.25 Å².